The van der Waals surface area contributed by atoms with Crippen molar-refractivity contribution in [2.45, 2.75) is 56.1 Å². The smallest absolute Gasteiger partial charge is 0.244 e. The summed E-state index contributed by atoms with van der Waals surface area (Å²) < 4.78 is 0. The average Bonchev–Trinajstić information content (AvgIpc) is 3.62. The summed E-state index contributed by atoms with van der Waals surface area (Å²) in [5, 5.41) is 3.44. The summed E-state index contributed by atoms with van der Waals surface area (Å²) in [6.07, 6.45) is 6.48. The highest BCUT2D eigenvalue weighted by atomic mass is 16.2. The quantitative estimate of drug-likeness (QED) is 0.789. The van der Waals surface area contributed by atoms with Gasteiger partial charge in [-0.25, -0.2) is 0 Å². The maximum absolute atomic E-state index is 13.8. The van der Waals surface area contributed by atoms with Crippen molar-refractivity contribution in [3.63, 3.8) is 0 Å². The number of benzene rings is 2. The molecule has 0 bridgehead atoms. The number of hydrogen-bond acceptors (Lipinski definition) is 3. The van der Waals surface area contributed by atoms with Gasteiger partial charge in [0.15, 0.2) is 0 Å². The number of amides is 1. The van der Waals surface area contributed by atoms with E-state index in [0.29, 0.717) is 5.91 Å². The number of hydrogen-bond donors (Lipinski definition) is 1. The number of likely N-dealkylation sites (N-methyl/N-ethyl adjacent to an activating group) is 1. The summed E-state index contributed by atoms with van der Waals surface area (Å²) in [6.45, 7) is 2.64. The lowest BCUT2D eigenvalue weighted by atomic mass is 9.87. The van der Waals surface area contributed by atoms with Crippen LogP contribution in [-0.2, 0) is 11.2 Å². The van der Waals surface area contributed by atoms with Crippen LogP contribution in [0, 0.1) is 0 Å². The minimum Gasteiger partial charge on any atom is -0.321 e. The van der Waals surface area contributed by atoms with Gasteiger partial charge in [0.05, 0.1) is 0 Å². The van der Waals surface area contributed by atoms with Crippen LogP contribution < -0.4 is 5.32 Å². The Morgan fingerprint density at radius 3 is 2.30 bits per heavy atom. The maximum Gasteiger partial charge on any atom is 0.244 e. The van der Waals surface area contributed by atoms with E-state index < -0.39 is 0 Å². The first-order valence-electron chi connectivity index (χ1n) is 11.6. The zero-order chi connectivity index (χ0) is 20.6. The van der Waals surface area contributed by atoms with Crippen molar-refractivity contribution in [2.75, 3.05) is 26.7 Å². The first-order valence-corrected chi connectivity index (χ1v) is 11.6. The van der Waals surface area contributed by atoms with E-state index in [1.807, 2.05) is 0 Å². The summed E-state index contributed by atoms with van der Waals surface area (Å²) in [7, 11) is 2.17. The van der Waals surface area contributed by atoms with E-state index >= 15 is 0 Å². The summed E-state index contributed by atoms with van der Waals surface area (Å²) in [6, 6.07) is 19.7. The molecule has 2 heterocycles. The molecule has 1 aliphatic carbocycles. The number of piperidine rings is 1. The number of carbonyl (C=O) groups excluding carboxylic acids is 1. The molecule has 4 nitrogen and oxygen atoms in total. The number of nitrogens with zero attached hydrogens (tertiary/aromatic N) is 2. The molecule has 0 aromatic heterocycles. The molecule has 1 N–H and O–H groups in total. The molecule has 1 atom stereocenters. The molecule has 2 aliphatic heterocycles. The van der Waals surface area contributed by atoms with E-state index in [-0.39, 0.29) is 11.7 Å². The first kappa shape index (κ1) is 19.8. The molecular formula is C26H33N3O. The number of rotatable bonds is 6. The van der Waals surface area contributed by atoms with Crippen LogP contribution in [0.3, 0.4) is 0 Å². The Bertz CT molecular complexity index is 869. The highest BCUT2D eigenvalue weighted by Crippen LogP contribution is 2.45. The van der Waals surface area contributed by atoms with Crippen molar-refractivity contribution in [1.29, 1.82) is 0 Å². The van der Waals surface area contributed by atoms with Gasteiger partial charge in [0.2, 0.25) is 5.91 Å². The van der Waals surface area contributed by atoms with Gasteiger partial charge in [-0.1, -0.05) is 54.6 Å². The molecule has 3 fully saturated rings. The molecule has 2 aromatic rings. The maximum atomic E-state index is 13.8. The van der Waals surface area contributed by atoms with Crippen LogP contribution >= 0.6 is 0 Å². The topological polar surface area (TPSA) is 35.6 Å². The second-order valence-electron chi connectivity index (χ2n) is 9.29. The number of carbonyl (C=O) groups is 1. The Kier molecular flexibility index (Phi) is 5.38. The molecule has 1 amide bonds. The fourth-order valence-electron chi connectivity index (χ4n) is 5.46. The van der Waals surface area contributed by atoms with E-state index in [4.69, 9.17) is 0 Å². The Balaban J connectivity index is 1.39. The SMILES string of the molecule is CN1C(c2ccc(C3CC3)cc2)N(CCCc2ccccc2)C(=O)C12CCNCC2. The van der Waals surface area contributed by atoms with Crippen LogP contribution in [0.5, 0.6) is 0 Å². The molecule has 4 heteroatoms. The minimum atomic E-state index is -0.349. The third kappa shape index (κ3) is 3.57. The fraction of sp³-hybridized carbons (Fsp3) is 0.500. The lowest BCUT2D eigenvalue weighted by Crippen LogP contribution is -2.54. The third-order valence-corrected chi connectivity index (χ3v) is 7.42. The number of aryl methyl sites for hydroxylation is 1. The molecule has 1 spiro atoms. The Morgan fingerprint density at radius 2 is 1.63 bits per heavy atom. The van der Waals surface area contributed by atoms with Crippen LogP contribution in [0.2, 0.25) is 0 Å². The van der Waals surface area contributed by atoms with Crippen LogP contribution in [0.25, 0.3) is 0 Å². The molecule has 2 saturated heterocycles. The third-order valence-electron chi connectivity index (χ3n) is 7.42. The van der Waals surface area contributed by atoms with Crippen molar-refractivity contribution in [2.24, 2.45) is 0 Å². The van der Waals surface area contributed by atoms with Crippen molar-refractivity contribution in [1.82, 2.24) is 15.1 Å². The van der Waals surface area contributed by atoms with E-state index in [0.717, 1.165) is 51.2 Å². The molecule has 5 rings (SSSR count). The fourth-order valence-corrected chi connectivity index (χ4v) is 5.46. The predicted molar refractivity (Wildman–Crippen MR) is 120 cm³/mol. The van der Waals surface area contributed by atoms with Crippen LogP contribution in [0.15, 0.2) is 54.6 Å². The Labute approximate surface area is 180 Å². The largest absolute Gasteiger partial charge is 0.321 e. The van der Waals surface area contributed by atoms with Gasteiger partial charge in [-0.2, -0.15) is 0 Å². The average molecular weight is 404 g/mol. The van der Waals surface area contributed by atoms with Crippen LogP contribution in [0.4, 0.5) is 0 Å². The highest BCUT2D eigenvalue weighted by molar-refractivity contribution is 5.89. The van der Waals surface area contributed by atoms with Crippen LogP contribution in [0.1, 0.15) is 60.9 Å². The van der Waals surface area contributed by atoms with Gasteiger partial charge in [0.1, 0.15) is 11.7 Å². The van der Waals surface area contributed by atoms with Gasteiger partial charge in [-0.3, -0.25) is 9.69 Å². The Hall–Kier alpha value is -2.17. The van der Waals surface area contributed by atoms with Crippen molar-refractivity contribution >= 4 is 5.91 Å². The molecule has 0 radical (unpaired) electrons. The second-order valence-corrected chi connectivity index (χ2v) is 9.29. The molecule has 1 unspecified atom stereocenters. The molecule has 2 aromatic carbocycles. The monoisotopic (exact) mass is 403 g/mol. The van der Waals surface area contributed by atoms with Gasteiger partial charge in [-0.05, 0) is 81.3 Å². The van der Waals surface area contributed by atoms with Crippen molar-refractivity contribution in [3.05, 3.63) is 71.3 Å². The van der Waals surface area contributed by atoms with Crippen molar-refractivity contribution in [3.8, 4) is 0 Å². The second kappa shape index (κ2) is 8.16. The summed E-state index contributed by atoms with van der Waals surface area (Å²) in [4.78, 5) is 18.3. The standard InChI is InChI=1S/C26H33N3O/c1-28-24(23-13-11-22(12-14-23)21-9-10-21)29(19-5-8-20-6-3-2-4-7-20)25(30)26(28)15-17-27-18-16-26/h2-4,6-7,11-14,21,24,27H,5,8-10,15-19H2,1H3. The lowest BCUT2D eigenvalue weighted by molar-refractivity contribution is -0.135. The lowest BCUT2D eigenvalue weighted by Gasteiger charge is -2.38. The Morgan fingerprint density at radius 1 is 0.967 bits per heavy atom. The van der Waals surface area contributed by atoms with Gasteiger partial charge in [-0.15, -0.1) is 0 Å². The summed E-state index contributed by atoms with van der Waals surface area (Å²) in [5.74, 6) is 1.09. The highest BCUT2D eigenvalue weighted by Gasteiger charge is 2.55. The summed E-state index contributed by atoms with van der Waals surface area (Å²) >= 11 is 0. The van der Waals surface area contributed by atoms with Gasteiger partial charge < -0.3 is 10.2 Å². The predicted octanol–water partition coefficient (Wildman–Crippen LogP) is 4.09. The minimum absolute atomic E-state index is 0.0413. The van der Waals surface area contributed by atoms with Gasteiger partial charge >= 0.3 is 0 Å². The number of nitrogens with one attached hydrogen (secondary N) is 1. The molecule has 158 valence electrons. The van der Waals surface area contributed by atoms with Gasteiger partial charge in [0, 0.05) is 6.54 Å². The van der Waals surface area contributed by atoms with E-state index in [2.05, 4.69) is 76.8 Å². The van der Waals surface area contributed by atoms with Crippen molar-refractivity contribution < 1.29 is 4.79 Å². The zero-order valence-electron chi connectivity index (χ0n) is 18.0. The normalized spacial score (nSPS) is 24.0. The van der Waals surface area contributed by atoms with E-state index in [9.17, 15) is 4.79 Å². The molecule has 1 saturated carbocycles. The van der Waals surface area contributed by atoms with E-state index in [1.54, 1.807) is 0 Å². The first-order chi connectivity index (χ1) is 14.7. The molecule has 3 aliphatic rings. The van der Waals surface area contributed by atoms with E-state index in [1.165, 1.54) is 29.5 Å². The van der Waals surface area contributed by atoms with Crippen LogP contribution in [-0.4, -0.2) is 47.9 Å². The molecule has 30 heavy (non-hydrogen) atoms. The molecular weight excluding hydrogens is 370 g/mol. The van der Waals surface area contributed by atoms with Gasteiger partial charge in [0.25, 0.3) is 0 Å². The zero-order valence-corrected chi connectivity index (χ0v) is 18.0. The summed E-state index contributed by atoms with van der Waals surface area (Å²) in [5.41, 5.74) is 3.71.